The number of nitrogens with one attached hydrogen (secondary N) is 1. The van der Waals surface area contributed by atoms with Gasteiger partial charge >= 0.3 is 6.09 Å². The summed E-state index contributed by atoms with van der Waals surface area (Å²) < 4.78 is 18.1. The molecule has 3 N–H and O–H groups in total. The van der Waals surface area contributed by atoms with E-state index in [-0.39, 0.29) is 50.4 Å². The van der Waals surface area contributed by atoms with E-state index in [4.69, 9.17) is 14.2 Å². The van der Waals surface area contributed by atoms with E-state index in [0.717, 1.165) is 45.7 Å². The van der Waals surface area contributed by atoms with Gasteiger partial charge in [0.2, 0.25) is 5.91 Å². The van der Waals surface area contributed by atoms with E-state index in [2.05, 4.69) is 10.2 Å². The number of likely N-dealkylation sites (tertiary alicyclic amines) is 2. The molecule has 6 rings (SSSR count). The number of nitrogens with zero attached hydrogens (tertiary/aromatic N) is 2. The number of rotatable bonds is 10. The van der Waals surface area contributed by atoms with Crippen molar-refractivity contribution in [3.05, 3.63) is 107 Å². The van der Waals surface area contributed by atoms with Gasteiger partial charge in [0.1, 0.15) is 12.6 Å². The number of amides is 3. The van der Waals surface area contributed by atoms with Gasteiger partial charge in [-0.1, -0.05) is 78.9 Å². The molecule has 0 spiro atoms. The molecule has 0 aromatic heterocycles. The monoisotopic (exact) mass is 629 g/mol. The first-order valence-corrected chi connectivity index (χ1v) is 15.7. The fourth-order valence-corrected chi connectivity index (χ4v) is 6.13. The van der Waals surface area contributed by atoms with E-state index in [1.807, 2.05) is 78.9 Å². The van der Waals surface area contributed by atoms with E-state index in [1.54, 1.807) is 0 Å². The lowest BCUT2D eigenvalue weighted by Crippen LogP contribution is -2.41. The average Bonchev–Trinajstić information content (AvgIpc) is 3.60. The lowest BCUT2D eigenvalue weighted by Gasteiger charge is -2.38. The molecule has 11 heteroatoms. The lowest BCUT2D eigenvalue weighted by atomic mass is 9.99. The highest BCUT2D eigenvalue weighted by atomic mass is 16.7. The average molecular weight is 630 g/mol. The Morgan fingerprint density at radius 1 is 0.913 bits per heavy atom. The Morgan fingerprint density at radius 2 is 1.63 bits per heavy atom. The summed E-state index contributed by atoms with van der Waals surface area (Å²) in [5.41, 5.74) is 4.17. The lowest BCUT2D eigenvalue weighted by molar-refractivity contribution is -0.252. The maximum absolute atomic E-state index is 13.0. The van der Waals surface area contributed by atoms with Crippen LogP contribution in [-0.4, -0.2) is 75.8 Å². The van der Waals surface area contributed by atoms with E-state index < -0.39 is 24.3 Å². The molecule has 3 aliphatic heterocycles. The van der Waals surface area contributed by atoms with Gasteiger partial charge in [-0.2, -0.15) is 0 Å². The molecule has 3 heterocycles. The Hall–Kier alpha value is -4.13. The number of aliphatic hydroxyl groups is 2. The Labute approximate surface area is 267 Å². The van der Waals surface area contributed by atoms with Crippen LogP contribution in [-0.2, 0) is 43.6 Å². The van der Waals surface area contributed by atoms with Crippen LogP contribution in [0.15, 0.2) is 78.9 Å². The predicted octanol–water partition coefficient (Wildman–Crippen LogP) is 3.34. The molecule has 3 fully saturated rings. The van der Waals surface area contributed by atoms with Crippen LogP contribution in [0.2, 0.25) is 0 Å². The third-order valence-electron chi connectivity index (χ3n) is 8.67. The first-order chi connectivity index (χ1) is 22.3. The number of carbonyl (C=O) groups excluding carboxylic acids is 3. The minimum atomic E-state index is -0.976. The molecule has 3 aliphatic rings. The predicted molar refractivity (Wildman–Crippen MR) is 166 cm³/mol. The van der Waals surface area contributed by atoms with Gasteiger partial charge in [-0.25, -0.2) is 4.79 Å². The smallest absolute Gasteiger partial charge is 0.408 e. The number of aliphatic hydroxyl groups excluding tert-OH is 2. The second-order valence-electron chi connectivity index (χ2n) is 12.1. The SMILES string of the molecule is O=C(NC1CC(=O)N(Cc2ccc(C3OC(CN4CCC(O)C4)CC(c4ccc(CO)cc4)O3)cc2)C1=O)OCc1ccccc1. The molecule has 3 aromatic rings. The van der Waals surface area contributed by atoms with Crippen molar-refractivity contribution in [2.24, 2.45) is 0 Å². The van der Waals surface area contributed by atoms with Gasteiger partial charge in [0.25, 0.3) is 5.91 Å². The standard InChI is InChI=1S/C35H39N3O8/c39-21-24-8-10-26(11-9-24)31-16-29(20-37-15-14-28(40)19-37)45-34(46-31)27-12-6-23(7-13-27)18-38-32(41)17-30(33(38)42)36-35(43)44-22-25-4-2-1-3-5-25/h1-13,28-31,34,39-40H,14-22H2,(H,36,43). The van der Waals surface area contributed by atoms with Crippen LogP contribution in [0.3, 0.4) is 0 Å². The van der Waals surface area contributed by atoms with Crippen molar-refractivity contribution in [1.82, 2.24) is 15.1 Å². The molecule has 5 atom stereocenters. The van der Waals surface area contributed by atoms with Crippen molar-refractivity contribution in [2.45, 2.75) is 69.7 Å². The summed E-state index contributed by atoms with van der Waals surface area (Å²) >= 11 is 0. The molecule has 0 aliphatic carbocycles. The number of imide groups is 1. The highest BCUT2D eigenvalue weighted by molar-refractivity contribution is 6.06. The highest BCUT2D eigenvalue weighted by Gasteiger charge is 2.40. The quantitative estimate of drug-likeness (QED) is 0.288. The maximum atomic E-state index is 13.0. The van der Waals surface area contributed by atoms with Crippen molar-refractivity contribution in [3.8, 4) is 0 Å². The van der Waals surface area contributed by atoms with Gasteiger partial charge in [-0.3, -0.25) is 19.4 Å². The fraction of sp³-hybridized carbons (Fsp3) is 0.400. The van der Waals surface area contributed by atoms with Gasteiger partial charge in [0.05, 0.1) is 37.9 Å². The van der Waals surface area contributed by atoms with Gasteiger partial charge in [-0.05, 0) is 28.7 Å². The molecule has 3 saturated heterocycles. The van der Waals surface area contributed by atoms with Gasteiger partial charge in [0.15, 0.2) is 6.29 Å². The summed E-state index contributed by atoms with van der Waals surface area (Å²) in [5, 5.41) is 22.0. The van der Waals surface area contributed by atoms with Crippen LogP contribution in [0.5, 0.6) is 0 Å². The molecule has 242 valence electrons. The first-order valence-electron chi connectivity index (χ1n) is 15.7. The first kappa shape index (κ1) is 31.8. The van der Waals surface area contributed by atoms with Crippen molar-refractivity contribution in [3.63, 3.8) is 0 Å². The molecule has 46 heavy (non-hydrogen) atoms. The number of alkyl carbamates (subject to hydrolysis) is 1. The maximum Gasteiger partial charge on any atom is 0.408 e. The summed E-state index contributed by atoms with van der Waals surface area (Å²) in [5.74, 6) is -0.846. The number of carbonyl (C=O) groups is 3. The fourth-order valence-electron chi connectivity index (χ4n) is 6.13. The number of β-amino-alcohol motifs (C(OH)–C–C–N with tert-alkyl or cyclic N) is 1. The molecular weight excluding hydrogens is 590 g/mol. The van der Waals surface area contributed by atoms with Gasteiger partial charge in [-0.15, -0.1) is 0 Å². The zero-order valence-electron chi connectivity index (χ0n) is 25.5. The van der Waals surface area contributed by atoms with Gasteiger partial charge < -0.3 is 29.7 Å². The molecule has 0 radical (unpaired) electrons. The van der Waals surface area contributed by atoms with Crippen molar-refractivity contribution in [2.75, 3.05) is 19.6 Å². The van der Waals surface area contributed by atoms with Crippen LogP contribution < -0.4 is 5.32 Å². The second-order valence-corrected chi connectivity index (χ2v) is 12.1. The zero-order chi connectivity index (χ0) is 32.0. The Kier molecular flexibility index (Phi) is 10.1. The molecule has 0 bridgehead atoms. The zero-order valence-corrected chi connectivity index (χ0v) is 25.5. The summed E-state index contributed by atoms with van der Waals surface area (Å²) in [4.78, 5) is 41.4. The number of hydrogen-bond donors (Lipinski definition) is 3. The summed E-state index contributed by atoms with van der Waals surface area (Å²) in [7, 11) is 0. The molecule has 11 nitrogen and oxygen atoms in total. The topological polar surface area (TPSA) is 138 Å². The van der Waals surface area contributed by atoms with E-state index >= 15 is 0 Å². The summed E-state index contributed by atoms with van der Waals surface area (Å²) in [6, 6.07) is 23.3. The Bertz CT molecular complexity index is 1500. The Morgan fingerprint density at radius 3 is 2.33 bits per heavy atom. The molecule has 3 aromatic carbocycles. The van der Waals surface area contributed by atoms with Crippen molar-refractivity contribution < 1.29 is 38.8 Å². The third-order valence-corrected chi connectivity index (χ3v) is 8.67. The summed E-state index contributed by atoms with van der Waals surface area (Å²) in [6.07, 6.45) is -0.812. The van der Waals surface area contributed by atoms with Crippen LogP contribution in [0, 0.1) is 0 Å². The van der Waals surface area contributed by atoms with Gasteiger partial charge in [0, 0.05) is 31.6 Å². The largest absolute Gasteiger partial charge is 0.445 e. The highest BCUT2D eigenvalue weighted by Crippen LogP contribution is 2.38. The normalized spacial score (nSPS) is 25.2. The molecule has 0 saturated carbocycles. The molecule has 3 amide bonds. The second kappa shape index (κ2) is 14.5. The van der Waals surface area contributed by atoms with Crippen molar-refractivity contribution in [1.29, 1.82) is 0 Å². The summed E-state index contributed by atoms with van der Waals surface area (Å²) in [6.45, 7) is 2.21. The van der Waals surface area contributed by atoms with Crippen LogP contribution in [0.1, 0.15) is 59.5 Å². The van der Waals surface area contributed by atoms with Crippen LogP contribution in [0.25, 0.3) is 0 Å². The minimum Gasteiger partial charge on any atom is -0.445 e. The van der Waals surface area contributed by atoms with E-state index in [1.165, 1.54) is 0 Å². The van der Waals surface area contributed by atoms with Crippen LogP contribution >= 0.6 is 0 Å². The number of benzene rings is 3. The number of ether oxygens (including phenoxy) is 3. The molecular formula is C35H39N3O8. The molecule has 5 unspecified atom stereocenters. The number of hydrogen-bond acceptors (Lipinski definition) is 9. The van der Waals surface area contributed by atoms with Crippen LogP contribution in [0.4, 0.5) is 4.79 Å². The minimum absolute atomic E-state index is 0.0309. The van der Waals surface area contributed by atoms with E-state index in [9.17, 15) is 24.6 Å². The third kappa shape index (κ3) is 7.80. The van der Waals surface area contributed by atoms with Crippen molar-refractivity contribution >= 4 is 17.9 Å². The van der Waals surface area contributed by atoms with E-state index in [0.29, 0.717) is 19.5 Å². The Balaban J connectivity index is 1.08.